The molecule has 1 aromatic rings. The zero-order valence-corrected chi connectivity index (χ0v) is 14.2. The monoisotopic (exact) mass is 350 g/mol. The first kappa shape index (κ1) is 15.1. The molecular formula is C18H23BrO2. The van der Waals surface area contributed by atoms with Gasteiger partial charge >= 0.3 is 0 Å². The Morgan fingerprint density at radius 2 is 2.19 bits per heavy atom. The molecule has 3 rings (SSSR count). The lowest BCUT2D eigenvalue weighted by Crippen LogP contribution is -2.15. The smallest absolute Gasteiger partial charge is 0.163 e. The average Bonchev–Trinajstić information content (AvgIpc) is 3.08. The van der Waals surface area contributed by atoms with Gasteiger partial charge in [0, 0.05) is 12.0 Å². The molecule has 114 valence electrons. The molecule has 0 heterocycles. The predicted octanol–water partition coefficient (Wildman–Crippen LogP) is 5.25. The maximum absolute atomic E-state index is 12.5. The molecule has 2 nitrogen and oxygen atoms in total. The summed E-state index contributed by atoms with van der Waals surface area (Å²) in [5.41, 5.74) is 0.813. The van der Waals surface area contributed by atoms with E-state index < -0.39 is 0 Å². The lowest BCUT2D eigenvalue weighted by Gasteiger charge is -2.20. The van der Waals surface area contributed by atoms with E-state index in [1.807, 2.05) is 18.2 Å². The summed E-state index contributed by atoms with van der Waals surface area (Å²) in [5, 5.41) is 0. The average molecular weight is 351 g/mol. The molecule has 2 bridgehead atoms. The molecule has 2 fully saturated rings. The number of hydrogen-bond donors (Lipinski definition) is 0. The second-order valence-corrected chi connectivity index (χ2v) is 7.41. The summed E-state index contributed by atoms with van der Waals surface area (Å²) in [6, 6.07) is 5.74. The van der Waals surface area contributed by atoms with E-state index in [1.54, 1.807) is 0 Å². The molecule has 0 saturated heterocycles. The maximum Gasteiger partial charge on any atom is 0.163 e. The van der Waals surface area contributed by atoms with Crippen LogP contribution >= 0.6 is 15.9 Å². The van der Waals surface area contributed by atoms with Crippen LogP contribution < -0.4 is 4.74 Å². The molecule has 0 spiro atoms. The van der Waals surface area contributed by atoms with Crippen LogP contribution in [0, 0.1) is 17.8 Å². The Morgan fingerprint density at radius 1 is 1.33 bits per heavy atom. The van der Waals surface area contributed by atoms with Crippen molar-refractivity contribution in [3.05, 3.63) is 28.2 Å². The fraction of sp³-hybridized carbons (Fsp3) is 0.611. The van der Waals surface area contributed by atoms with Gasteiger partial charge in [0.05, 0.1) is 11.1 Å². The Morgan fingerprint density at radius 3 is 2.81 bits per heavy atom. The summed E-state index contributed by atoms with van der Waals surface area (Å²) in [6.45, 7) is 2.79. The maximum atomic E-state index is 12.5. The minimum Gasteiger partial charge on any atom is -0.492 e. The lowest BCUT2D eigenvalue weighted by molar-refractivity contribution is 0.0944. The topological polar surface area (TPSA) is 26.3 Å². The zero-order valence-electron chi connectivity index (χ0n) is 12.6. The number of fused-ring (bicyclic) bond motifs is 2. The zero-order chi connectivity index (χ0) is 14.8. The van der Waals surface area contributed by atoms with Crippen LogP contribution in [0.2, 0.25) is 0 Å². The summed E-state index contributed by atoms with van der Waals surface area (Å²) >= 11 is 3.51. The first-order valence-corrected chi connectivity index (χ1v) is 8.92. The number of carbonyl (C=O) groups excluding carboxylic acids is 1. The molecule has 0 radical (unpaired) electrons. The van der Waals surface area contributed by atoms with Gasteiger partial charge in [0.2, 0.25) is 0 Å². The molecular weight excluding hydrogens is 328 g/mol. The second-order valence-electron chi connectivity index (χ2n) is 6.56. The van der Waals surface area contributed by atoms with Crippen molar-refractivity contribution in [3.63, 3.8) is 0 Å². The third-order valence-corrected chi connectivity index (χ3v) is 5.67. The van der Waals surface area contributed by atoms with Gasteiger partial charge in [0.1, 0.15) is 5.75 Å². The van der Waals surface area contributed by atoms with E-state index in [0.717, 1.165) is 40.5 Å². The fourth-order valence-corrected chi connectivity index (χ4v) is 4.48. The van der Waals surface area contributed by atoms with Crippen molar-refractivity contribution in [1.29, 1.82) is 0 Å². The molecule has 2 aliphatic rings. The number of carbonyl (C=O) groups is 1. The largest absolute Gasteiger partial charge is 0.492 e. The Balaban J connectivity index is 1.63. The van der Waals surface area contributed by atoms with Crippen LogP contribution in [0.3, 0.4) is 0 Å². The number of benzene rings is 1. The Hall–Kier alpha value is -0.830. The van der Waals surface area contributed by atoms with E-state index >= 15 is 0 Å². The van der Waals surface area contributed by atoms with Crippen molar-refractivity contribution in [2.24, 2.45) is 17.8 Å². The highest BCUT2D eigenvalue weighted by molar-refractivity contribution is 9.10. The van der Waals surface area contributed by atoms with Crippen LogP contribution in [0.15, 0.2) is 22.7 Å². The standard InChI is InChI=1S/C18H23BrO2/c1-2-7-21-18-6-5-14(10-16(18)19)17(20)11-15-9-12-3-4-13(15)8-12/h5-6,10,12-13,15H,2-4,7-9,11H2,1H3. The second kappa shape index (κ2) is 6.51. The Bertz CT molecular complexity index is 526. The van der Waals surface area contributed by atoms with Gasteiger partial charge in [-0.15, -0.1) is 0 Å². The van der Waals surface area contributed by atoms with Crippen LogP contribution in [0.1, 0.15) is 55.8 Å². The molecule has 3 unspecified atom stereocenters. The van der Waals surface area contributed by atoms with Crippen LogP contribution in [0.5, 0.6) is 5.75 Å². The molecule has 0 aliphatic heterocycles. The van der Waals surface area contributed by atoms with Crippen LogP contribution in [0.4, 0.5) is 0 Å². The van der Waals surface area contributed by atoms with E-state index in [9.17, 15) is 4.79 Å². The van der Waals surface area contributed by atoms with E-state index in [1.165, 1.54) is 25.7 Å². The van der Waals surface area contributed by atoms with Crippen molar-refractivity contribution in [2.75, 3.05) is 6.61 Å². The van der Waals surface area contributed by atoms with Crippen LogP contribution in [0.25, 0.3) is 0 Å². The number of hydrogen-bond acceptors (Lipinski definition) is 2. The van der Waals surface area contributed by atoms with Gasteiger partial charge in [0.25, 0.3) is 0 Å². The highest BCUT2D eigenvalue weighted by Gasteiger charge is 2.40. The summed E-state index contributed by atoms with van der Waals surface area (Å²) in [6.07, 6.45) is 7.08. The first-order valence-electron chi connectivity index (χ1n) is 8.13. The molecule has 3 atom stereocenters. The molecule has 0 N–H and O–H groups in total. The third kappa shape index (κ3) is 3.33. The van der Waals surface area contributed by atoms with Gasteiger partial charge in [-0.3, -0.25) is 4.79 Å². The number of ether oxygens (including phenoxy) is 1. The molecule has 0 aromatic heterocycles. The van der Waals surface area contributed by atoms with E-state index in [0.29, 0.717) is 12.5 Å². The molecule has 0 amide bonds. The van der Waals surface area contributed by atoms with Crippen molar-refractivity contribution < 1.29 is 9.53 Å². The van der Waals surface area contributed by atoms with E-state index in [2.05, 4.69) is 22.9 Å². The summed E-state index contributed by atoms with van der Waals surface area (Å²) in [7, 11) is 0. The minimum atomic E-state index is 0.287. The van der Waals surface area contributed by atoms with Gasteiger partial charge in [0.15, 0.2) is 5.78 Å². The van der Waals surface area contributed by atoms with Crippen LogP contribution in [-0.4, -0.2) is 12.4 Å². The van der Waals surface area contributed by atoms with Crippen molar-refractivity contribution in [1.82, 2.24) is 0 Å². The lowest BCUT2D eigenvalue weighted by atomic mass is 9.84. The normalized spacial score (nSPS) is 27.0. The van der Waals surface area contributed by atoms with Gasteiger partial charge in [-0.05, 0) is 77.6 Å². The number of Topliss-reactive ketones (excluding diaryl/α,β-unsaturated/α-hetero) is 1. The number of halogens is 1. The van der Waals surface area contributed by atoms with E-state index in [4.69, 9.17) is 4.74 Å². The number of rotatable bonds is 6. The SMILES string of the molecule is CCCOc1ccc(C(=O)CC2CC3CCC2C3)cc1Br. The molecule has 1 aromatic carbocycles. The summed E-state index contributed by atoms with van der Waals surface area (Å²) < 4.78 is 6.52. The third-order valence-electron chi connectivity index (χ3n) is 5.05. The van der Waals surface area contributed by atoms with Gasteiger partial charge in [-0.2, -0.15) is 0 Å². The van der Waals surface area contributed by atoms with Crippen molar-refractivity contribution in [3.8, 4) is 5.75 Å². The molecule has 21 heavy (non-hydrogen) atoms. The first-order chi connectivity index (χ1) is 10.2. The number of ketones is 1. The Labute approximate surface area is 135 Å². The highest BCUT2D eigenvalue weighted by atomic mass is 79.9. The molecule has 2 saturated carbocycles. The molecule has 3 heteroatoms. The van der Waals surface area contributed by atoms with Crippen molar-refractivity contribution in [2.45, 2.75) is 45.4 Å². The predicted molar refractivity (Wildman–Crippen MR) is 87.8 cm³/mol. The van der Waals surface area contributed by atoms with E-state index in [-0.39, 0.29) is 5.78 Å². The molecule has 2 aliphatic carbocycles. The van der Waals surface area contributed by atoms with Gasteiger partial charge in [-0.25, -0.2) is 0 Å². The highest BCUT2D eigenvalue weighted by Crippen LogP contribution is 2.49. The Kier molecular flexibility index (Phi) is 4.68. The summed E-state index contributed by atoms with van der Waals surface area (Å²) in [5.74, 6) is 3.47. The minimum absolute atomic E-state index is 0.287. The van der Waals surface area contributed by atoms with Crippen molar-refractivity contribution >= 4 is 21.7 Å². The van der Waals surface area contributed by atoms with Crippen LogP contribution in [-0.2, 0) is 0 Å². The fourth-order valence-electron chi connectivity index (χ4n) is 3.99. The van der Waals surface area contributed by atoms with Gasteiger partial charge in [-0.1, -0.05) is 13.3 Å². The van der Waals surface area contributed by atoms with Gasteiger partial charge < -0.3 is 4.74 Å². The quantitative estimate of drug-likeness (QED) is 0.655. The summed E-state index contributed by atoms with van der Waals surface area (Å²) in [4.78, 5) is 12.5.